The second-order valence-corrected chi connectivity index (χ2v) is 8.84. The Labute approximate surface area is 207 Å². The number of carboxylic acids is 1. The predicted octanol–water partition coefficient (Wildman–Crippen LogP) is 2.10. The Hall–Kier alpha value is -4.02. The van der Waals surface area contributed by atoms with Gasteiger partial charge in [-0.3, -0.25) is 14.2 Å². The summed E-state index contributed by atoms with van der Waals surface area (Å²) in [4.78, 5) is 50.3. The molecule has 2 heterocycles. The van der Waals surface area contributed by atoms with E-state index in [4.69, 9.17) is 20.5 Å². The molecule has 3 rings (SSSR count). The number of amides is 1. The number of methoxy groups -OCH3 is 1. The van der Waals surface area contributed by atoms with Crippen LogP contribution in [-0.4, -0.2) is 39.8 Å². The van der Waals surface area contributed by atoms with Crippen molar-refractivity contribution in [2.75, 3.05) is 13.7 Å². The number of ether oxygens (including phenoxy) is 2. The highest BCUT2D eigenvalue weighted by atomic mass is 32.1. The number of carbonyl (C=O) groups is 2. The van der Waals surface area contributed by atoms with Gasteiger partial charge in [-0.05, 0) is 37.6 Å². The lowest BCUT2D eigenvalue weighted by molar-refractivity contribution is -0.120. The van der Waals surface area contributed by atoms with Crippen LogP contribution >= 0.6 is 11.3 Å². The largest absolute Gasteiger partial charge is 0.496 e. The van der Waals surface area contributed by atoms with Crippen molar-refractivity contribution in [2.45, 2.75) is 39.0 Å². The number of aromatic carboxylic acids is 1. The Balaban J connectivity index is 2.34. The maximum atomic E-state index is 14.2. The summed E-state index contributed by atoms with van der Waals surface area (Å²) in [7, 11) is 1.37. The van der Waals surface area contributed by atoms with Gasteiger partial charge in [0.25, 0.3) is 5.56 Å². The molecule has 0 bridgehead atoms. The van der Waals surface area contributed by atoms with Crippen LogP contribution in [0.4, 0.5) is 4.39 Å². The Morgan fingerprint density at radius 3 is 2.61 bits per heavy atom. The molecular weight excluding hydrogens is 495 g/mol. The smallest absolute Gasteiger partial charge is 0.346 e. The summed E-state index contributed by atoms with van der Waals surface area (Å²) in [6, 6.07) is 4.29. The van der Waals surface area contributed by atoms with E-state index >= 15 is 0 Å². The molecule has 36 heavy (non-hydrogen) atoms. The number of aryl methyl sites for hydroxylation is 1. The summed E-state index contributed by atoms with van der Waals surface area (Å²) < 4.78 is 27.1. The summed E-state index contributed by atoms with van der Waals surface area (Å²) in [5, 5.41) is 18.5. The minimum absolute atomic E-state index is 0.00206. The van der Waals surface area contributed by atoms with Crippen molar-refractivity contribution in [1.82, 2.24) is 9.13 Å². The van der Waals surface area contributed by atoms with Gasteiger partial charge < -0.3 is 20.3 Å². The highest BCUT2D eigenvalue weighted by Gasteiger charge is 2.28. The van der Waals surface area contributed by atoms with E-state index in [0.717, 1.165) is 10.6 Å². The molecule has 0 saturated carbocycles. The SMILES string of the molecule is COc1ccc(F)cc1C(Cn1c(=O)n(C(C)C(N)=O)c(=O)c2c(C)c(C(=O)O)sc21)OCCC#N. The zero-order valence-corrected chi connectivity index (χ0v) is 20.4. The van der Waals surface area contributed by atoms with Gasteiger partial charge >= 0.3 is 11.7 Å². The van der Waals surface area contributed by atoms with Crippen molar-refractivity contribution in [3.8, 4) is 11.8 Å². The molecule has 3 N–H and O–H groups in total. The average Bonchev–Trinajstić information content (AvgIpc) is 3.18. The van der Waals surface area contributed by atoms with Gasteiger partial charge in [0.15, 0.2) is 0 Å². The van der Waals surface area contributed by atoms with Crippen LogP contribution < -0.4 is 21.7 Å². The molecule has 0 saturated heterocycles. The maximum absolute atomic E-state index is 14.2. The molecule has 13 heteroatoms. The van der Waals surface area contributed by atoms with Crippen LogP contribution in [0.2, 0.25) is 0 Å². The number of carbonyl (C=O) groups excluding carboxylic acids is 1. The summed E-state index contributed by atoms with van der Waals surface area (Å²) in [6.45, 7) is 2.32. The number of aromatic nitrogens is 2. The molecule has 2 atom stereocenters. The predicted molar refractivity (Wildman–Crippen MR) is 128 cm³/mol. The minimum atomic E-state index is -1.34. The van der Waals surface area contributed by atoms with Crippen molar-refractivity contribution in [3.63, 3.8) is 0 Å². The Morgan fingerprint density at radius 1 is 1.33 bits per heavy atom. The molecule has 1 amide bonds. The van der Waals surface area contributed by atoms with E-state index in [1.807, 2.05) is 6.07 Å². The lowest BCUT2D eigenvalue weighted by Gasteiger charge is -2.23. The first-order valence-corrected chi connectivity index (χ1v) is 11.5. The summed E-state index contributed by atoms with van der Waals surface area (Å²) in [5.41, 5.74) is 3.93. The number of benzene rings is 1. The molecule has 0 aliphatic heterocycles. The molecule has 190 valence electrons. The summed E-state index contributed by atoms with van der Waals surface area (Å²) in [6.07, 6.45) is -1.05. The molecule has 0 fully saturated rings. The van der Waals surface area contributed by atoms with E-state index < -0.39 is 41.1 Å². The maximum Gasteiger partial charge on any atom is 0.346 e. The highest BCUT2D eigenvalue weighted by Crippen LogP contribution is 2.33. The third kappa shape index (κ3) is 4.86. The van der Waals surface area contributed by atoms with Crippen LogP contribution in [0.3, 0.4) is 0 Å². The molecule has 1 aromatic carbocycles. The molecule has 0 aliphatic rings. The molecule has 0 spiro atoms. The molecule has 2 unspecified atom stereocenters. The van der Waals surface area contributed by atoms with Crippen LogP contribution in [-0.2, 0) is 16.1 Å². The third-order valence-electron chi connectivity index (χ3n) is 5.66. The fraction of sp³-hybridized carbons (Fsp3) is 0.348. The van der Waals surface area contributed by atoms with Crippen molar-refractivity contribution in [2.24, 2.45) is 5.73 Å². The van der Waals surface area contributed by atoms with Gasteiger partial charge in [0.05, 0.1) is 38.1 Å². The fourth-order valence-electron chi connectivity index (χ4n) is 3.81. The molecule has 11 nitrogen and oxygen atoms in total. The topological polar surface area (TPSA) is 167 Å². The quantitative estimate of drug-likeness (QED) is 0.385. The number of nitriles is 1. The van der Waals surface area contributed by atoms with Crippen LogP contribution in [0, 0.1) is 24.1 Å². The second-order valence-electron chi connectivity index (χ2n) is 7.84. The summed E-state index contributed by atoms with van der Waals surface area (Å²) in [5.74, 6) is -2.60. The van der Waals surface area contributed by atoms with Gasteiger partial charge in [-0.2, -0.15) is 5.26 Å². The molecule has 2 aromatic heterocycles. The van der Waals surface area contributed by atoms with Gasteiger partial charge in [-0.15, -0.1) is 11.3 Å². The van der Waals surface area contributed by atoms with Crippen molar-refractivity contribution in [1.29, 1.82) is 5.26 Å². The number of primary amides is 1. The van der Waals surface area contributed by atoms with Gasteiger partial charge in [-0.25, -0.2) is 18.5 Å². The normalized spacial score (nSPS) is 12.8. The highest BCUT2D eigenvalue weighted by molar-refractivity contribution is 7.20. The first-order valence-electron chi connectivity index (χ1n) is 10.7. The van der Waals surface area contributed by atoms with Crippen LogP contribution in [0.15, 0.2) is 27.8 Å². The third-order valence-corrected chi connectivity index (χ3v) is 6.96. The molecule has 3 aromatic rings. The lowest BCUT2D eigenvalue weighted by atomic mass is 10.1. The first-order chi connectivity index (χ1) is 17.0. The van der Waals surface area contributed by atoms with Crippen LogP contribution in [0.1, 0.15) is 46.3 Å². The van der Waals surface area contributed by atoms with E-state index in [1.54, 1.807) is 0 Å². The number of hydrogen-bond donors (Lipinski definition) is 2. The van der Waals surface area contributed by atoms with Crippen LogP contribution in [0.25, 0.3) is 10.2 Å². The Bertz CT molecular complexity index is 1500. The standard InChI is InChI=1S/C23H23FN4O7S/c1-11-17-20(30)28(12(2)19(26)29)23(33)27(21(17)36-18(11)22(31)32)10-16(35-8-4-7-25)14-9-13(24)5-6-15(14)34-3/h5-6,9,12,16H,4,8,10H2,1-3H3,(H2,26,29)(H,31,32). The fourth-order valence-corrected chi connectivity index (χ4v) is 4.95. The van der Waals surface area contributed by atoms with Crippen molar-refractivity contribution < 1.29 is 28.6 Å². The van der Waals surface area contributed by atoms with E-state index in [0.29, 0.717) is 15.9 Å². The first kappa shape index (κ1) is 26.6. The van der Waals surface area contributed by atoms with Gasteiger partial charge in [0, 0.05) is 5.56 Å². The Kier molecular flexibility index (Phi) is 7.91. The van der Waals surface area contributed by atoms with E-state index in [2.05, 4.69) is 0 Å². The zero-order valence-electron chi connectivity index (χ0n) is 19.6. The van der Waals surface area contributed by atoms with Gasteiger partial charge in [-0.1, -0.05) is 0 Å². The number of nitrogens with zero attached hydrogens (tertiary/aromatic N) is 3. The number of thiophene rings is 1. The number of carboxylic acid groups (broad SMARTS) is 1. The van der Waals surface area contributed by atoms with Gasteiger partial charge in [0.1, 0.15) is 33.4 Å². The average molecular weight is 519 g/mol. The number of rotatable bonds is 10. The van der Waals surface area contributed by atoms with Crippen LogP contribution in [0.5, 0.6) is 5.75 Å². The van der Waals surface area contributed by atoms with Gasteiger partial charge in [0.2, 0.25) is 5.91 Å². The molecule has 0 aliphatic carbocycles. The van der Waals surface area contributed by atoms with E-state index in [1.165, 1.54) is 33.1 Å². The Morgan fingerprint density at radius 2 is 2.03 bits per heavy atom. The van der Waals surface area contributed by atoms with E-state index in [9.17, 15) is 28.7 Å². The molecule has 0 radical (unpaired) electrons. The number of hydrogen-bond acceptors (Lipinski definition) is 8. The zero-order chi connectivity index (χ0) is 26.7. The number of halogens is 1. The lowest BCUT2D eigenvalue weighted by Crippen LogP contribution is -2.45. The monoisotopic (exact) mass is 518 g/mol. The second kappa shape index (κ2) is 10.7. The number of nitrogens with two attached hydrogens (primary N) is 1. The summed E-state index contributed by atoms with van der Waals surface area (Å²) >= 11 is 0.715. The number of fused-ring (bicyclic) bond motifs is 1. The van der Waals surface area contributed by atoms with E-state index in [-0.39, 0.29) is 51.5 Å². The minimum Gasteiger partial charge on any atom is -0.496 e. The molecular formula is C23H23FN4O7S. The van der Waals surface area contributed by atoms with Crippen molar-refractivity contribution in [3.05, 3.63) is 60.9 Å². The van der Waals surface area contributed by atoms with Crippen molar-refractivity contribution >= 4 is 33.4 Å².